The summed E-state index contributed by atoms with van der Waals surface area (Å²) in [5.41, 5.74) is 1.51. The zero-order valence-corrected chi connectivity index (χ0v) is 5.73. The van der Waals surface area contributed by atoms with Gasteiger partial charge >= 0.3 is 0 Å². The Labute approximate surface area is 64.1 Å². The summed E-state index contributed by atoms with van der Waals surface area (Å²) in [5, 5.41) is 16.2. The van der Waals surface area contributed by atoms with Gasteiger partial charge in [-0.15, -0.1) is 0 Å². The highest BCUT2D eigenvalue weighted by atomic mass is 15.2. The van der Waals surface area contributed by atoms with E-state index >= 15 is 0 Å². The molecule has 1 heterocycles. The van der Waals surface area contributed by atoms with Gasteiger partial charge in [-0.3, -0.25) is 0 Å². The first-order chi connectivity index (χ1) is 5.40. The second-order valence-electron chi connectivity index (χ2n) is 2.39. The molecule has 0 amide bonds. The fourth-order valence-corrected chi connectivity index (χ4v) is 1.07. The lowest BCUT2D eigenvalue weighted by Crippen LogP contribution is -2.10. The van der Waals surface area contributed by atoms with Crippen molar-refractivity contribution in [2.45, 2.75) is 0 Å². The van der Waals surface area contributed by atoms with E-state index in [2.05, 4.69) is 16.3 Å². The minimum absolute atomic E-state index is 0.201. The molecule has 2 aliphatic rings. The molecule has 0 saturated carbocycles. The van der Waals surface area contributed by atoms with Gasteiger partial charge in [0, 0.05) is 6.21 Å². The van der Waals surface area contributed by atoms with E-state index in [1.165, 1.54) is 0 Å². The molecule has 52 valence electrons. The third-order valence-electron chi connectivity index (χ3n) is 1.66. The molecular weight excluding hydrogens is 138 g/mol. The summed E-state index contributed by atoms with van der Waals surface area (Å²) in [6.45, 7) is 0. The van der Waals surface area contributed by atoms with Gasteiger partial charge in [0.2, 0.25) is 0 Å². The van der Waals surface area contributed by atoms with Crippen LogP contribution in [-0.4, -0.2) is 11.9 Å². The van der Waals surface area contributed by atoms with Gasteiger partial charge in [0.1, 0.15) is 0 Å². The third kappa shape index (κ3) is 0.887. The number of nitriles is 1. The Morgan fingerprint density at radius 1 is 1.55 bits per heavy atom. The molecule has 1 aliphatic heterocycles. The van der Waals surface area contributed by atoms with Crippen LogP contribution >= 0.6 is 0 Å². The number of rotatable bonds is 0. The lowest BCUT2D eigenvalue weighted by molar-refractivity contribution is 1.25. The second-order valence-corrected chi connectivity index (χ2v) is 2.39. The van der Waals surface area contributed by atoms with Crippen molar-refractivity contribution in [3.63, 3.8) is 0 Å². The second kappa shape index (κ2) is 2.17. The number of allylic oxidation sites excluding steroid dienone is 4. The van der Waals surface area contributed by atoms with Gasteiger partial charge in [-0.25, -0.2) is 0 Å². The predicted octanol–water partition coefficient (Wildman–Crippen LogP) is 1.06. The molecule has 0 fully saturated rings. The van der Waals surface area contributed by atoms with E-state index < -0.39 is 0 Å². The smallest absolute Gasteiger partial charge is 0.0992 e. The van der Waals surface area contributed by atoms with E-state index in [9.17, 15) is 0 Å². The van der Waals surface area contributed by atoms with Gasteiger partial charge < -0.3 is 0 Å². The Hall–Kier alpha value is -1.69. The Morgan fingerprint density at radius 2 is 2.45 bits per heavy atom. The van der Waals surface area contributed by atoms with Crippen molar-refractivity contribution in [2.75, 3.05) is 0 Å². The molecule has 0 spiro atoms. The molecule has 3 heteroatoms. The largest absolute Gasteiger partial charge is 0.192 e. The van der Waals surface area contributed by atoms with E-state index in [1.54, 1.807) is 18.4 Å². The number of nitrogens with zero attached hydrogens (tertiary/aromatic N) is 3. The quantitative estimate of drug-likeness (QED) is 0.500. The normalized spacial score (nSPS) is 25.5. The Bertz CT molecular complexity index is 339. The molecule has 1 aliphatic carbocycles. The maximum Gasteiger partial charge on any atom is 0.0992 e. The van der Waals surface area contributed by atoms with Crippen LogP contribution < -0.4 is 0 Å². The van der Waals surface area contributed by atoms with Crippen LogP contribution in [0.25, 0.3) is 0 Å². The first-order valence-electron chi connectivity index (χ1n) is 3.31. The molecule has 0 aromatic heterocycles. The van der Waals surface area contributed by atoms with Gasteiger partial charge in [0.05, 0.1) is 23.3 Å². The highest BCUT2D eigenvalue weighted by Gasteiger charge is 2.16. The first kappa shape index (κ1) is 6.05. The zero-order valence-electron chi connectivity index (χ0n) is 5.73. The third-order valence-corrected chi connectivity index (χ3v) is 1.66. The molecule has 0 aromatic carbocycles. The van der Waals surface area contributed by atoms with Crippen molar-refractivity contribution in [1.29, 1.82) is 5.26 Å². The van der Waals surface area contributed by atoms with E-state index in [0.29, 0.717) is 5.57 Å². The van der Waals surface area contributed by atoms with Crippen molar-refractivity contribution in [3.05, 3.63) is 23.8 Å². The summed E-state index contributed by atoms with van der Waals surface area (Å²) in [5.74, 6) is 0.201. The minimum atomic E-state index is 0.201. The molecule has 11 heavy (non-hydrogen) atoms. The van der Waals surface area contributed by atoms with Crippen LogP contribution in [0, 0.1) is 17.2 Å². The fourth-order valence-electron chi connectivity index (χ4n) is 1.07. The number of hydrogen-bond acceptors (Lipinski definition) is 3. The molecule has 1 atom stereocenters. The van der Waals surface area contributed by atoms with E-state index in [1.807, 2.05) is 6.08 Å². The summed E-state index contributed by atoms with van der Waals surface area (Å²) < 4.78 is 0. The molecule has 0 saturated heterocycles. The van der Waals surface area contributed by atoms with Crippen LogP contribution in [-0.2, 0) is 0 Å². The lowest BCUT2D eigenvalue weighted by atomic mass is 9.97. The molecule has 0 radical (unpaired) electrons. The van der Waals surface area contributed by atoms with Crippen LogP contribution in [0.2, 0.25) is 0 Å². The average Bonchev–Trinajstić information content (AvgIpc) is 2.50. The van der Waals surface area contributed by atoms with Crippen molar-refractivity contribution in [2.24, 2.45) is 16.1 Å². The molecule has 0 N–H and O–H groups in total. The Morgan fingerprint density at radius 3 is 3.27 bits per heavy atom. The highest BCUT2D eigenvalue weighted by molar-refractivity contribution is 6.11. The lowest BCUT2D eigenvalue weighted by Gasteiger charge is -2.04. The van der Waals surface area contributed by atoms with Crippen LogP contribution in [0.1, 0.15) is 0 Å². The summed E-state index contributed by atoms with van der Waals surface area (Å²) in [4.78, 5) is 0. The SMILES string of the molecule is N#CC1=CC2=NN=C[C@@H]2C=C1. The minimum Gasteiger partial charge on any atom is -0.192 e. The Kier molecular flexibility index (Phi) is 1.19. The molecule has 0 aromatic rings. The molecule has 3 nitrogen and oxygen atoms in total. The average molecular weight is 143 g/mol. The standard InChI is InChI=1S/C8H5N3/c9-4-6-1-2-7-5-10-11-8(7)3-6/h1-3,5,7H/t7-/m0/s1. The summed E-state index contributed by atoms with van der Waals surface area (Å²) >= 11 is 0. The molecular formula is C8H5N3. The predicted molar refractivity (Wildman–Crippen MR) is 42.3 cm³/mol. The van der Waals surface area contributed by atoms with Gasteiger partial charge in [0.25, 0.3) is 0 Å². The van der Waals surface area contributed by atoms with Crippen LogP contribution in [0.15, 0.2) is 34.0 Å². The van der Waals surface area contributed by atoms with Crippen molar-refractivity contribution in [3.8, 4) is 6.07 Å². The van der Waals surface area contributed by atoms with Crippen molar-refractivity contribution < 1.29 is 0 Å². The summed E-state index contributed by atoms with van der Waals surface area (Å²) in [7, 11) is 0. The van der Waals surface area contributed by atoms with Gasteiger partial charge in [-0.1, -0.05) is 6.08 Å². The monoisotopic (exact) mass is 143 g/mol. The van der Waals surface area contributed by atoms with E-state index in [4.69, 9.17) is 5.26 Å². The fraction of sp³-hybridized carbons (Fsp3) is 0.125. The zero-order chi connectivity index (χ0) is 7.68. The maximum absolute atomic E-state index is 8.55. The molecule has 0 unspecified atom stereocenters. The number of hydrogen-bond donors (Lipinski definition) is 0. The topological polar surface area (TPSA) is 48.5 Å². The van der Waals surface area contributed by atoms with E-state index in [-0.39, 0.29) is 5.92 Å². The maximum atomic E-state index is 8.55. The van der Waals surface area contributed by atoms with Crippen molar-refractivity contribution in [1.82, 2.24) is 0 Å². The summed E-state index contributed by atoms with van der Waals surface area (Å²) in [6, 6.07) is 2.05. The summed E-state index contributed by atoms with van der Waals surface area (Å²) in [6.07, 6.45) is 7.24. The van der Waals surface area contributed by atoms with Crippen LogP contribution in [0.5, 0.6) is 0 Å². The number of fused-ring (bicyclic) bond motifs is 1. The molecule has 2 rings (SSSR count). The van der Waals surface area contributed by atoms with E-state index in [0.717, 1.165) is 5.71 Å². The van der Waals surface area contributed by atoms with Gasteiger partial charge in [-0.05, 0) is 12.2 Å². The van der Waals surface area contributed by atoms with Crippen LogP contribution in [0.4, 0.5) is 0 Å². The van der Waals surface area contributed by atoms with Crippen molar-refractivity contribution >= 4 is 11.9 Å². The molecule has 0 bridgehead atoms. The highest BCUT2D eigenvalue weighted by Crippen LogP contribution is 2.15. The Balaban J connectivity index is 2.39. The van der Waals surface area contributed by atoms with Gasteiger partial charge in [-0.2, -0.15) is 15.5 Å². The van der Waals surface area contributed by atoms with Crippen LogP contribution in [0.3, 0.4) is 0 Å². The van der Waals surface area contributed by atoms with Gasteiger partial charge in [0.15, 0.2) is 0 Å². The first-order valence-corrected chi connectivity index (χ1v) is 3.31.